The number of anilines is 1. The molecule has 1 aliphatic heterocycles. The molecule has 1 fully saturated rings. The van der Waals surface area contributed by atoms with Crippen LogP contribution in [-0.4, -0.2) is 54.6 Å². The quantitative estimate of drug-likeness (QED) is 0.343. The van der Waals surface area contributed by atoms with Crippen LogP contribution in [0.3, 0.4) is 0 Å². The van der Waals surface area contributed by atoms with Gasteiger partial charge in [0.15, 0.2) is 0 Å². The number of halogens is 1. The largest absolute Gasteiger partial charge is 0.369 e. The summed E-state index contributed by atoms with van der Waals surface area (Å²) in [5.74, 6) is 0.00494. The van der Waals surface area contributed by atoms with Crippen molar-refractivity contribution < 1.29 is 4.79 Å². The molecule has 5 nitrogen and oxygen atoms in total. The Morgan fingerprint density at radius 2 is 1.69 bits per heavy atom. The van der Waals surface area contributed by atoms with E-state index in [1.807, 2.05) is 30.3 Å². The van der Waals surface area contributed by atoms with E-state index in [1.54, 1.807) is 0 Å². The summed E-state index contributed by atoms with van der Waals surface area (Å²) in [6.07, 6.45) is 2.06. The molecule has 0 spiro atoms. The summed E-state index contributed by atoms with van der Waals surface area (Å²) < 4.78 is 2.18. The summed E-state index contributed by atoms with van der Waals surface area (Å²) in [5, 5.41) is 6.26. The van der Waals surface area contributed by atoms with Crippen molar-refractivity contribution in [1.29, 1.82) is 0 Å². The number of amides is 1. The number of aromatic nitrogens is 1. The Morgan fingerprint density at radius 1 is 0.914 bits per heavy atom. The van der Waals surface area contributed by atoms with Crippen LogP contribution >= 0.6 is 11.6 Å². The van der Waals surface area contributed by atoms with E-state index in [4.69, 9.17) is 11.6 Å². The minimum atomic E-state index is 0.00494. The zero-order valence-corrected chi connectivity index (χ0v) is 21.3. The van der Waals surface area contributed by atoms with Gasteiger partial charge in [-0.05, 0) is 68.3 Å². The van der Waals surface area contributed by atoms with Crippen molar-refractivity contribution in [3.63, 3.8) is 0 Å². The van der Waals surface area contributed by atoms with Gasteiger partial charge in [0.1, 0.15) is 0 Å². The molecule has 1 saturated heterocycles. The van der Waals surface area contributed by atoms with Gasteiger partial charge in [-0.1, -0.05) is 35.9 Å². The van der Waals surface area contributed by atoms with E-state index in [-0.39, 0.29) is 5.91 Å². The zero-order valence-electron chi connectivity index (χ0n) is 20.6. The maximum absolute atomic E-state index is 12.8. The van der Waals surface area contributed by atoms with Crippen molar-refractivity contribution in [1.82, 2.24) is 14.8 Å². The molecule has 0 bridgehead atoms. The number of unbranched alkanes of at least 4 members (excludes halogenated alkanes) is 1. The van der Waals surface area contributed by atoms with Gasteiger partial charge in [-0.3, -0.25) is 9.69 Å². The van der Waals surface area contributed by atoms with Crippen molar-refractivity contribution >= 4 is 45.0 Å². The molecule has 0 radical (unpaired) electrons. The van der Waals surface area contributed by atoms with Gasteiger partial charge in [0.2, 0.25) is 0 Å². The van der Waals surface area contributed by atoms with Crippen LogP contribution in [0.4, 0.5) is 5.69 Å². The van der Waals surface area contributed by atoms with Crippen LogP contribution in [0, 0.1) is 6.92 Å². The summed E-state index contributed by atoms with van der Waals surface area (Å²) in [6.45, 7) is 8.03. The Labute approximate surface area is 212 Å². The average molecular weight is 489 g/mol. The topological polar surface area (TPSA) is 40.5 Å². The third-order valence-corrected chi connectivity index (χ3v) is 7.72. The second-order valence-electron chi connectivity index (χ2n) is 9.48. The molecule has 35 heavy (non-hydrogen) atoms. The molecule has 0 saturated carbocycles. The summed E-state index contributed by atoms with van der Waals surface area (Å²) in [7, 11) is 2.07. The van der Waals surface area contributed by atoms with Crippen molar-refractivity contribution in [2.45, 2.75) is 19.8 Å². The standard InChI is InChI=1S/C29H33ClN4O/c1-21-25(30)9-7-11-26(21)34-18-16-33(17-19-34)15-6-5-14-31-29(35)22-12-13-28-24(20-22)23-8-3-4-10-27(23)32(28)2/h3-4,7-13,20H,5-6,14-19H2,1-2H3,(H,31,35). The van der Waals surface area contributed by atoms with Crippen LogP contribution in [0.25, 0.3) is 21.8 Å². The first-order chi connectivity index (χ1) is 17.0. The van der Waals surface area contributed by atoms with Gasteiger partial charge in [-0.2, -0.15) is 0 Å². The van der Waals surface area contributed by atoms with Gasteiger partial charge in [0.25, 0.3) is 5.91 Å². The first-order valence-electron chi connectivity index (χ1n) is 12.5. The normalized spacial score (nSPS) is 14.7. The highest BCUT2D eigenvalue weighted by Gasteiger charge is 2.19. The smallest absolute Gasteiger partial charge is 0.251 e. The van der Waals surface area contributed by atoms with Crippen molar-refractivity contribution in [2.75, 3.05) is 44.2 Å². The number of benzene rings is 3. The van der Waals surface area contributed by atoms with Gasteiger partial charge in [0, 0.05) is 77.9 Å². The molecule has 3 aromatic carbocycles. The zero-order chi connectivity index (χ0) is 24.4. The number of carbonyl (C=O) groups is 1. The molecule has 1 aromatic heterocycles. The molecular weight excluding hydrogens is 456 g/mol. The number of piperazine rings is 1. The van der Waals surface area contributed by atoms with Crippen LogP contribution in [0.5, 0.6) is 0 Å². The maximum Gasteiger partial charge on any atom is 0.251 e. The summed E-state index contributed by atoms with van der Waals surface area (Å²) >= 11 is 6.30. The Balaban J connectivity index is 1.08. The van der Waals surface area contributed by atoms with Crippen molar-refractivity contribution in [3.8, 4) is 0 Å². The molecule has 2 heterocycles. The van der Waals surface area contributed by atoms with Gasteiger partial charge in [-0.25, -0.2) is 0 Å². The van der Waals surface area contributed by atoms with Gasteiger partial charge in [0.05, 0.1) is 0 Å². The fourth-order valence-electron chi connectivity index (χ4n) is 5.22. The van der Waals surface area contributed by atoms with Crippen LogP contribution in [0.15, 0.2) is 60.7 Å². The van der Waals surface area contributed by atoms with E-state index < -0.39 is 0 Å². The van der Waals surface area contributed by atoms with E-state index in [2.05, 4.69) is 64.0 Å². The first kappa shape index (κ1) is 23.7. The first-order valence-corrected chi connectivity index (χ1v) is 12.9. The molecule has 4 aromatic rings. The molecule has 6 heteroatoms. The van der Waals surface area contributed by atoms with Crippen molar-refractivity contribution in [3.05, 3.63) is 76.8 Å². The third kappa shape index (κ3) is 4.89. The van der Waals surface area contributed by atoms with Crippen LogP contribution < -0.4 is 10.2 Å². The van der Waals surface area contributed by atoms with Crippen LogP contribution in [-0.2, 0) is 7.05 Å². The third-order valence-electron chi connectivity index (χ3n) is 7.31. The fourth-order valence-corrected chi connectivity index (χ4v) is 5.39. The molecule has 1 amide bonds. The second kappa shape index (κ2) is 10.3. The maximum atomic E-state index is 12.8. The number of aryl methyl sites for hydroxylation is 1. The molecule has 0 unspecified atom stereocenters. The molecular formula is C29H33ClN4O. The Kier molecular flexibility index (Phi) is 6.98. The molecule has 5 rings (SSSR count). The number of nitrogens with zero attached hydrogens (tertiary/aromatic N) is 3. The lowest BCUT2D eigenvalue weighted by Gasteiger charge is -2.37. The summed E-state index contributed by atoms with van der Waals surface area (Å²) in [5.41, 5.74) is 5.47. The highest BCUT2D eigenvalue weighted by molar-refractivity contribution is 6.31. The number of nitrogens with one attached hydrogen (secondary N) is 1. The Bertz CT molecular complexity index is 1350. The number of para-hydroxylation sites is 1. The average Bonchev–Trinajstić information content (AvgIpc) is 3.17. The predicted molar refractivity (Wildman–Crippen MR) is 147 cm³/mol. The van der Waals surface area contributed by atoms with Gasteiger partial charge >= 0.3 is 0 Å². The van der Waals surface area contributed by atoms with E-state index in [0.29, 0.717) is 6.54 Å². The SMILES string of the molecule is Cc1c(Cl)cccc1N1CCN(CCCCNC(=O)c2ccc3c(c2)c2ccccc2n3C)CC1. The predicted octanol–water partition coefficient (Wildman–Crippen LogP) is 5.63. The van der Waals surface area contributed by atoms with Crippen LogP contribution in [0.2, 0.25) is 5.02 Å². The molecule has 0 atom stereocenters. The highest BCUT2D eigenvalue weighted by atomic mass is 35.5. The number of hydrogen-bond donors (Lipinski definition) is 1. The number of rotatable bonds is 7. The van der Waals surface area contributed by atoms with Gasteiger partial charge in [-0.15, -0.1) is 0 Å². The summed E-state index contributed by atoms with van der Waals surface area (Å²) in [6, 6.07) is 20.5. The van der Waals surface area contributed by atoms with E-state index in [9.17, 15) is 4.79 Å². The number of fused-ring (bicyclic) bond motifs is 3. The number of hydrogen-bond acceptors (Lipinski definition) is 3. The minimum Gasteiger partial charge on any atom is -0.369 e. The van der Waals surface area contributed by atoms with Crippen LogP contribution in [0.1, 0.15) is 28.8 Å². The highest BCUT2D eigenvalue weighted by Crippen LogP contribution is 2.29. The minimum absolute atomic E-state index is 0.00494. The lowest BCUT2D eigenvalue weighted by Crippen LogP contribution is -2.46. The lowest BCUT2D eigenvalue weighted by atomic mass is 10.1. The Hall–Kier alpha value is -3.02. The summed E-state index contributed by atoms with van der Waals surface area (Å²) in [4.78, 5) is 17.7. The van der Waals surface area contributed by atoms with E-state index in [0.717, 1.165) is 72.6 Å². The van der Waals surface area contributed by atoms with Crippen molar-refractivity contribution in [2.24, 2.45) is 7.05 Å². The van der Waals surface area contributed by atoms with E-state index >= 15 is 0 Å². The fraction of sp³-hybridized carbons (Fsp3) is 0.345. The molecule has 0 aliphatic carbocycles. The Morgan fingerprint density at radius 3 is 2.51 bits per heavy atom. The second-order valence-corrected chi connectivity index (χ2v) is 9.89. The number of carbonyl (C=O) groups excluding carboxylic acids is 1. The van der Waals surface area contributed by atoms with Gasteiger partial charge < -0.3 is 14.8 Å². The molecule has 182 valence electrons. The van der Waals surface area contributed by atoms with E-state index in [1.165, 1.54) is 16.6 Å². The monoisotopic (exact) mass is 488 g/mol. The molecule has 1 N–H and O–H groups in total. The molecule has 1 aliphatic rings. The lowest BCUT2D eigenvalue weighted by molar-refractivity contribution is 0.0952.